The fourth-order valence-corrected chi connectivity index (χ4v) is 4.48. The van der Waals surface area contributed by atoms with E-state index >= 15 is 0 Å². The van der Waals surface area contributed by atoms with Crippen LogP contribution in [-0.2, 0) is 4.74 Å². The van der Waals surface area contributed by atoms with Gasteiger partial charge < -0.3 is 9.64 Å². The van der Waals surface area contributed by atoms with Crippen LogP contribution in [-0.4, -0.2) is 46.6 Å². The standard InChI is InChI=1S/C19H22FN3O2/c1-3-25-16-11-15(19(16)5-4-6-19)23(2)18(24)13-9-12(20)10-14-17(13)22-8-7-21-14/h7-10,15-16H,3-6,11H2,1-2H3/t15-,16-/m0/s1. The number of hydrogen-bond acceptors (Lipinski definition) is 4. The van der Waals surface area contributed by atoms with Gasteiger partial charge in [-0.25, -0.2) is 4.39 Å². The van der Waals surface area contributed by atoms with E-state index in [-0.39, 0.29) is 29.0 Å². The summed E-state index contributed by atoms with van der Waals surface area (Å²) in [6.07, 6.45) is 7.45. The molecule has 2 saturated carbocycles. The average molecular weight is 343 g/mol. The molecule has 0 radical (unpaired) electrons. The van der Waals surface area contributed by atoms with Crippen molar-refractivity contribution in [3.05, 3.63) is 35.9 Å². The van der Waals surface area contributed by atoms with Crippen molar-refractivity contribution in [1.82, 2.24) is 14.9 Å². The monoisotopic (exact) mass is 343 g/mol. The van der Waals surface area contributed by atoms with Crippen molar-refractivity contribution >= 4 is 16.9 Å². The van der Waals surface area contributed by atoms with Gasteiger partial charge in [-0.2, -0.15) is 0 Å². The maximum atomic E-state index is 14.0. The first-order valence-corrected chi connectivity index (χ1v) is 8.86. The van der Waals surface area contributed by atoms with E-state index < -0.39 is 5.82 Å². The van der Waals surface area contributed by atoms with Crippen LogP contribution in [0.5, 0.6) is 0 Å². The molecule has 0 N–H and O–H groups in total. The Balaban J connectivity index is 1.64. The number of hydrogen-bond donors (Lipinski definition) is 0. The van der Waals surface area contributed by atoms with Gasteiger partial charge in [-0.15, -0.1) is 0 Å². The van der Waals surface area contributed by atoms with Crippen LogP contribution >= 0.6 is 0 Å². The molecule has 1 aromatic carbocycles. The minimum Gasteiger partial charge on any atom is -0.378 e. The highest BCUT2D eigenvalue weighted by Crippen LogP contribution is 2.59. The van der Waals surface area contributed by atoms with Crippen molar-refractivity contribution < 1.29 is 13.9 Å². The topological polar surface area (TPSA) is 55.3 Å². The van der Waals surface area contributed by atoms with E-state index in [4.69, 9.17) is 4.74 Å². The third-order valence-corrected chi connectivity index (χ3v) is 5.95. The van der Waals surface area contributed by atoms with Gasteiger partial charge in [0.05, 0.1) is 17.2 Å². The van der Waals surface area contributed by atoms with E-state index in [9.17, 15) is 9.18 Å². The Morgan fingerprint density at radius 2 is 2.12 bits per heavy atom. The third-order valence-electron chi connectivity index (χ3n) is 5.95. The highest BCUT2D eigenvalue weighted by atomic mass is 19.1. The van der Waals surface area contributed by atoms with E-state index in [1.165, 1.54) is 30.9 Å². The second-order valence-corrected chi connectivity index (χ2v) is 7.08. The van der Waals surface area contributed by atoms with Gasteiger partial charge in [0.2, 0.25) is 0 Å². The molecule has 6 heteroatoms. The van der Waals surface area contributed by atoms with E-state index in [2.05, 4.69) is 9.97 Å². The van der Waals surface area contributed by atoms with Gasteiger partial charge in [-0.1, -0.05) is 6.42 Å². The zero-order valence-corrected chi connectivity index (χ0v) is 14.5. The summed E-state index contributed by atoms with van der Waals surface area (Å²) in [6, 6.07) is 2.71. The van der Waals surface area contributed by atoms with Gasteiger partial charge in [0.15, 0.2) is 0 Å². The minimum absolute atomic E-state index is 0.0786. The fraction of sp³-hybridized carbons (Fsp3) is 0.526. The van der Waals surface area contributed by atoms with Gasteiger partial charge in [-0.3, -0.25) is 14.8 Å². The van der Waals surface area contributed by atoms with Crippen LogP contribution in [0.3, 0.4) is 0 Å². The lowest BCUT2D eigenvalue weighted by molar-refractivity contribution is -0.192. The summed E-state index contributed by atoms with van der Waals surface area (Å²) >= 11 is 0. The maximum absolute atomic E-state index is 14.0. The summed E-state index contributed by atoms with van der Waals surface area (Å²) in [7, 11) is 1.81. The van der Waals surface area contributed by atoms with Crippen LogP contribution in [0, 0.1) is 11.2 Å². The summed E-state index contributed by atoms with van der Waals surface area (Å²) in [5.41, 5.74) is 1.21. The van der Waals surface area contributed by atoms with E-state index in [1.54, 1.807) is 4.90 Å². The first-order chi connectivity index (χ1) is 12.1. The molecule has 1 spiro atoms. The molecule has 0 saturated heterocycles. The highest BCUT2D eigenvalue weighted by molar-refractivity contribution is 6.04. The van der Waals surface area contributed by atoms with Gasteiger partial charge in [-0.05, 0) is 32.3 Å². The Labute approximate surface area is 146 Å². The fourth-order valence-electron chi connectivity index (χ4n) is 4.48. The van der Waals surface area contributed by atoms with Crippen molar-refractivity contribution in [2.24, 2.45) is 5.41 Å². The van der Waals surface area contributed by atoms with Crippen molar-refractivity contribution in [3.8, 4) is 0 Å². The van der Waals surface area contributed by atoms with Gasteiger partial charge >= 0.3 is 0 Å². The van der Waals surface area contributed by atoms with Crippen molar-refractivity contribution in [1.29, 1.82) is 0 Å². The number of nitrogens with zero attached hydrogens (tertiary/aromatic N) is 3. The molecule has 1 aromatic heterocycles. The van der Waals surface area contributed by atoms with Crippen molar-refractivity contribution in [2.75, 3.05) is 13.7 Å². The third kappa shape index (κ3) is 2.42. The molecule has 2 aromatic rings. The van der Waals surface area contributed by atoms with Crippen LogP contribution < -0.4 is 0 Å². The predicted molar refractivity (Wildman–Crippen MR) is 91.7 cm³/mol. The Morgan fingerprint density at radius 3 is 2.80 bits per heavy atom. The second-order valence-electron chi connectivity index (χ2n) is 7.08. The molecule has 0 unspecified atom stereocenters. The molecule has 2 atom stereocenters. The number of carbonyl (C=O) groups excluding carboxylic acids is 1. The summed E-state index contributed by atoms with van der Waals surface area (Å²) in [5.74, 6) is -0.667. The Hall–Kier alpha value is -2.08. The van der Waals surface area contributed by atoms with Gasteiger partial charge in [0, 0.05) is 43.6 Å². The molecule has 2 aliphatic rings. The lowest BCUT2D eigenvalue weighted by Gasteiger charge is -2.63. The maximum Gasteiger partial charge on any atom is 0.256 e. The molecule has 1 heterocycles. The number of halogens is 1. The van der Waals surface area contributed by atoms with Gasteiger partial charge in [0.25, 0.3) is 5.91 Å². The van der Waals surface area contributed by atoms with E-state index in [0.717, 1.165) is 19.3 Å². The zero-order chi connectivity index (χ0) is 17.6. The predicted octanol–water partition coefficient (Wildman–Crippen LogP) is 3.19. The quantitative estimate of drug-likeness (QED) is 0.855. The summed E-state index contributed by atoms with van der Waals surface area (Å²) in [4.78, 5) is 23.2. The van der Waals surface area contributed by atoms with Crippen LogP contribution in [0.4, 0.5) is 4.39 Å². The first-order valence-electron chi connectivity index (χ1n) is 8.86. The molecule has 4 rings (SSSR count). The number of aromatic nitrogens is 2. The van der Waals surface area contributed by atoms with Gasteiger partial charge in [0.1, 0.15) is 11.3 Å². The SMILES string of the molecule is CCO[C@H]1C[C@H](N(C)C(=O)c2cc(F)cc3nccnc23)C12CCC2. The smallest absolute Gasteiger partial charge is 0.256 e. The van der Waals surface area contributed by atoms with Crippen LogP contribution in [0.25, 0.3) is 11.0 Å². The van der Waals surface area contributed by atoms with Crippen LogP contribution in [0.1, 0.15) is 43.0 Å². The average Bonchev–Trinajstić information content (AvgIpc) is 2.54. The molecular weight excluding hydrogens is 321 g/mol. The number of fused-ring (bicyclic) bond motifs is 1. The highest BCUT2D eigenvalue weighted by Gasteiger charge is 2.61. The Morgan fingerprint density at radius 1 is 1.36 bits per heavy atom. The molecule has 1 amide bonds. The summed E-state index contributed by atoms with van der Waals surface area (Å²) in [6.45, 7) is 2.70. The van der Waals surface area contributed by atoms with E-state index in [0.29, 0.717) is 17.6 Å². The van der Waals surface area contributed by atoms with Crippen LogP contribution in [0.2, 0.25) is 0 Å². The molecule has 132 valence electrons. The molecule has 0 bridgehead atoms. The van der Waals surface area contributed by atoms with Crippen molar-refractivity contribution in [3.63, 3.8) is 0 Å². The molecular formula is C19H22FN3O2. The Bertz CT molecular complexity index is 821. The molecule has 2 aliphatic carbocycles. The minimum atomic E-state index is -0.469. The molecule has 0 aliphatic heterocycles. The summed E-state index contributed by atoms with van der Waals surface area (Å²) in [5, 5.41) is 0. The molecule has 2 fully saturated rings. The second kappa shape index (κ2) is 6.02. The number of carbonyl (C=O) groups is 1. The lowest BCUT2D eigenvalue weighted by atomic mass is 9.50. The summed E-state index contributed by atoms with van der Waals surface area (Å²) < 4.78 is 19.8. The van der Waals surface area contributed by atoms with Crippen molar-refractivity contribution in [2.45, 2.75) is 44.8 Å². The van der Waals surface area contributed by atoms with Crippen LogP contribution in [0.15, 0.2) is 24.5 Å². The normalized spacial score (nSPS) is 24.0. The molecule has 25 heavy (non-hydrogen) atoms. The Kier molecular flexibility index (Phi) is 3.95. The number of ether oxygens (including phenoxy) is 1. The lowest BCUT2D eigenvalue weighted by Crippen LogP contribution is -2.67. The number of rotatable bonds is 4. The first kappa shape index (κ1) is 16.4. The number of amides is 1. The number of benzene rings is 1. The molecule has 5 nitrogen and oxygen atoms in total. The zero-order valence-electron chi connectivity index (χ0n) is 14.5. The largest absolute Gasteiger partial charge is 0.378 e. The van der Waals surface area contributed by atoms with E-state index in [1.807, 2.05) is 14.0 Å².